The molecule has 0 spiro atoms. The lowest BCUT2D eigenvalue weighted by atomic mass is 10.1. The van der Waals surface area contributed by atoms with Gasteiger partial charge in [-0.3, -0.25) is 4.79 Å². The topological polar surface area (TPSA) is 52.6 Å². The second-order valence-corrected chi connectivity index (χ2v) is 5.70. The number of carbonyl (C=O) groups excluding carboxylic acids is 1. The van der Waals surface area contributed by atoms with Gasteiger partial charge in [0.15, 0.2) is 0 Å². The summed E-state index contributed by atoms with van der Waals surface area (Å²) in [6.07, 6.45) is 2.44. The average Bonchev–Trinajstić information content (AvgIpc) is 3.04. The summed E-state index contributed by atoms with van der Waals surface area (Å²) in [5.41, 5.74) is 3.25. The maximum Gasteiger partial charge on any atom is 0.256 e. The van der Waals surface area contributed by atoms with E-state index in [-0.39, 0.29) is 11.7 Å². The fraction of sp³-hybridized carbons (Fsp3) is 0.278. The lowest BCUT2D eigenvalue weighted by molar-refractivity contribution is 0.102. The normalized spacial score (nSPS) is 14.1. The van der Waals surface area contributed by atoms with Crippen molar-refractivity contribution in [2.75, 3.05) is 23.3 Å². The van der Waals surface area contributed by atoms with E-state index in [9.17, 15) is 9.90 Å². The van der Waals surface area contributed by atoms with Gasteiger partial charge >= 0.3 is 0 Å². The number of phenols is 1. The van der Waals surface area contributed by atoms with E-state index in [0.29, 0.717) is 5.56 Å². The predicted octanol–water partition coefficient (Wildman–Crippen LogP) is 3.55. The number of rotatable bonds is 3. The third kappa shape index (κ3) is 3.06. The maximum atomic E-state index is 12.4. The second-order valence-electron chi connectivity index (χ2n) is 5.70. The monoisotopic (exact) mass is 296 g/mol. The van der Waals surface area contributed by atoms with Crippen molar-refractivity contribution >= 4 is 17.3 Å². The van der Waals surface area contributed by atoms with Gasteiger partial charge in [0.2, 0.25) is 0 Å². The van der Waals surface area contributed by atoms with Crippen LogP contribution in [0, 0.1) is 6.92 Å². The van der Waals surface area contributed by atoms with Crippen LogP contribution in [-0.4, -0.2) is 24.1 Å². The van der Waals surface area contributed by atoms with Crippen LogP contribution < -0.4 is 10.2 Å². The minimum atomic E-state index is -0.202. The molecule has 2 aromatic carbocycles. The first-order valence-electron chi connectivity index (χ1n) is 7.59. The highest BCUT2D eigenvalue weighted by Crippen LogP contribution is 2.24. The molecule has 0 aliphatic carbocycles. The van der Waals surface area contributed by atoms with E-state index in [1.165, 1.54) is 18.9 Å². The highest BCUT2D eigenvalue weighted by Gasteiger charge is 2.14. The maximum absolute atomic E-state index is 12.4. The largest absolute Gasteiger partial charge is 0.508 e. The molecule has 0 radical (unpaired) electrons. The molecule has 2 N–H and O–H groups in total. The van der Waals surface area contributed by atoms with E-state index in [1.54, 1.807) is 12.1 Å². The van der Waals surface area contributed by atoms with Crippen molar-refractivity contribution in [1.29, 1.82) is 0 Å². The first-order valence-corrected chi connectivity index (χ1v) is 7.59. The summed E-state index contributed by atoms with van der Waals surface area (Å²) in [4.78, 5) is 14.7. The molecule has 3 rings (SSSR count). The number of nitrogens with zero attached hydrogens (tertiary/aromatic N) is 1. The highest BCUT2D eigenvalue weighted by molar-refractivity contribution is 6.05. The van der Waals surface area contributed by atoms with Crippen molar-refractivity contribution in [1.82, 2.24) is 0 Å². The van der Waals surface area contributed by atoms with Crippen LogP contribution in [0.3, 0.4) is 0 Å². The molecular weight excluding hydrogens is 276 g/mol. The molecule has 2 aromatic rings. The molecule has 0 atom stereocenters. The van der Waals surface area contributed by atoms with Gasteiger partial charge in [-0.2, -0.15) is 0 Å². The summed E-state index contributed by atoms with van der Waals surface area (Å²) >= 11 is 0. The van der Waals surface area contributed by atoms with Gasteiger partial charge in [-0.05, 0) is 55.7 Å². The molecule has 22 heavy (non-hydrogen) atoms. The number of phenolic OH excluding ortho intramolecular Hbond substituents is 1. The van der Waals surface area contributed by atoms with Crippen LogP contribution in [-0.2, 0) is 0 Å². The Bertz CT molecular complexity index is 691. The minimum Gasteiger partial charge on any atom is -0.508 e. The van der Waals surface area contributed by atoms with Crippen LogP contribution >= 0.6 is 0 Å². The van der Waals surface area contributed by atoms with Gasteiger partial charge < -0.3 is 15.3 Å². The first-order chi connectivity index (χ1) is 10.6. The van der Waals surface area contributed by atoms with E-state index < -0.39 is 0 Å². The third-order valence-corrected chi connectivity index (χ3v) is 4.04. The predicted molar refractivity (Wildman–Crippen MR) is 88.7 cm³/mol. The number of aromatic hydroxyl groups is 1. The van der Waals surface area contributed by atoms with Gasteiger partial charge in [-0.1, -0.05) is 12.1 Å². The third-order valence-electron chi connectivity index (χ3n) is 4.04. The molecule has 1 aliphatic rings. The number of anilines is 2. The molecule has 0 unspecified atom stereocenters. The summed E-state index contributed by atoms with van der Waals surface area (Å²) in [5.74, 6) is -0.103. The molecule has 1 aliphatic heterocycles. The fourth-order valence-corrected chi connectivity index (χ4v) is 2.81. The van der Waals surface area contributed by atoms with Crippen molar-refractivity contribution in [2.45, 2.75) is 19.8 Å². The van der Waals surface area contributed by atoms with Crippen LogP contribution in [0.1, 0.15) is 28.8 Å². The number of amides is 1. The number of hydrogen-bond donors (Lipinski definition) is 2. The summed E-state index contributed by atoms with van der Waals surface area (Å²) < 4.78 is 0. The van der Waals surface area contributed by atoms with Crippen molar-refractivity contribution in [3.63, 3.8) is 0 Å². The Kier molecular flexibility index (Phi) is 4.00. The Labute approximate surface area is 130 Å². The molecule has 1 heterocycles. The molecule has 1 amide bonds. The second kappa shape index (κ2) is 6.10. The highest BCUT2D eigenvalue weighted by atomic mass is 16.3. The zero-order valence-corrected chi connectivity index (χ0v) is 12.7. The van der Waals surface area contributed by atoms with Crippen LogP contribution in [0.5, 0.6) is 5.75 Å². The summed E-state index contributed by atoms with van der Waals surface area (Å²) in [5, 5.41) is 12.5. The van der Waals surface area contributed by atoms with Crippen molar-refractivity contribution in [2.24, 2.45) is 0 Å². The van der Waals surface area contributed by atoms with E-state index >= 15 is 0 Å². The summed E-state index contributed by atoms with van der Waals surface area (Å²) in [6, 6.07) is 12.7. The van der Waals surface area contributed by atoms with Gasteiger partial charge in [0.1, 0.15) is 5.75 Å². The molecule has 114 valence electrons. The zero-order chi connectivity index (χ0) is 15.5. The lowest BCUT2D eigenvalue weighted by Gasteiger charge is -2.18. The van der Waals surface area contributed by atoms with Crippen LogP contribution in [0.15, 0.2) is 42.5 Å². The van der Waals surface area contributed by atoms with Crippen LogP contribution in [0.2, 0.25) is 0 Å². The number of nitrogens with one attached hydrogen (secondary N) is 1. The lowest BCUT2D eigenvalue weighted by Crippen LogP contribution is -2.18. The Morgan fingerprint density at radius 1 is 1.14 bits per heavy atom. The zero-order valence-electron chi connectivity index (χ0n) is 12.7. The number of hydrogen-bond acceptors (Lipinski definition) is 3. The Hall–Kier alpha value is -2.49. The van der Waals surface area contributed by atoms with Gasteiger partial charge in [0.05, 0.1) is 0 Å². The Morgan fingerprint density at radius 2 is 1.91 bits per heavy atom. The van der Waals surface area contributed by atoms with Gasteiger partial charge in [-0.15, -0.1) is 0 Å². The van der Waals surface area contributed by atoms with Crippen molar-refractivity contribution < 1.29 is 9.90 Å². The minimum absolute atomic E-state index is 0.0987. The molecule has 1 saturated heterocycles. The Morgan fingerprint density at radius 3 is 2.68 bits per heavy atom. The Balaban J connectivity index is 1.79. The van der Waals surface area contributed by atoms with Gasteiger partial charge in [-0.25, -0.2) is 0 Å². The molecular formula is C18H20N2O2. The molecule has 1 fully saturated rings. The molecule has 0 saturated carbocycles. The van der Waals surface area contributed by atoms with Crippen molar-refractivity contribution in [3.05, 3.63) is 53.6 Å². The first kappa shape index (κ1) is 14.4. The average molecular weight is 296 g/mol. The van der Waals surface area contributed by atoms with E-state index in [2.05, 4.69) is 16.3 Å². The number of aryl methyl sites for hydroxylation is 1. The SMILES string of the molecule is Cc1ccc(O)cc1C(=O)Nc1cccc(N2CCCC2)c1. The molecule has 4 nitrogen and oxygen atoms in total. The van der Waals surface area contributed by atoms with E-state index in [0.717, 1.165) is 30.0 Å². The van der Waals surface area contributed by atoms with E-state index in [4.69, 9.17) is 0 Å². The quantitative estimate of drug-likeness (QED) is 0.910. The van der Waals surface area contributed by atoms with Gasteiger partial charge in [0, 0.05) is 30.0 Å². The molecule has 0 bridgehead atoms. The van der Waals surface area contributed by atoms with Gasteiger partial charge in [0.25, 0.3) is 5.91 Å². The smallest absolute Gasteiger partial charge is 0.256 e. The summed E-state index contributed by atoms with van der Waals surface area (Å²) in [6.45, 7) is 4.00. The van der Waals surface area contributed by atoms with Crippen LogP contribution in [0.25, 0.3) is 0 Å². The summed E-state index contributed by atoms with van der Waals surface area (Å²) in [7, 11) is 0. The fourth-order valence-electron chi connectivity index (χ4n) is 2.81. The standard InChI is InChI=1S/C18H20N2O2/c1-13-7-8-16(21)12-17(13)18(22)19-14-5-4-6-15(11-14)20-9-2-3-10-20/h4-8,11-12,21H,2-3,9-10H2,1H3,(H,19,22). The van der Waals surface area contributed by atoms with Crippen LogP contribution in [0.4, 0.5) is 11.4 Å². The molecule has 0 aromatic heterocycles. The van der Waals surface area contributed by atoms with E-state index in [1.807, 2.05) is 25.1 Å². The molecule has 4 heteroatoms. The number of benzene rings is 2. The number of carbonyl (C=O) groups is 1. The van der Waals surface area contributed by atoms with Crippen molar-refractivity contribution in [3.8, 4) is 5.75 Å².